The molecule has 1 N–H and O–H groups in total. The maximum atomic E-state index is 13.0. The van der Waals surface area contributed by atoms with Crippen LogP contribution in [0.2, 0.25) is 0 Å². The Balaban J connectivity index is 2.30. The van der Waals surface area contributed by atoms with Crippen molar-refractivity contribution in [3.8, 4) is 0 Å². The number of hydrogen-bond donors (Lipinski definition) is 1. The average molecular weight is 354 g/mol. The Morgan fingerprint density at radius 2 is 2.24 bits per heavy atom. The third-order valence-electron chi connectivity index (χ3n) is 4.04. The summed E-state index contributed by atoms with van der Waals surface area (Å²) < 4.78 is 0.843. The highest BCUT2D eigenvalue weighted by Gasteiger charge is 2.27. The Labute approximate surface area is 135 Å². The van der Waals surface area contributed by atoms with Crippen LogP contribution in [0.4, 0.5) is 5.82 Å². The van der Waals surface area contributed by atoms with E-state index in [-0.39, 0.29) is 5.91 Å². The number of hydrogen-bond acceptors (Lipinski definition) is 3. The second-order valence-corrected chi connectivity index (χ2v) is 6.41. The fourth-order valence-electron chi connectivity index (χ4n) is 2.93. The highest BCUT2D eigenvalue weighted by atomic mass is 79.9. The molecule has 2 rings (SSSR count). The molecule has 0 aliphatic carbocycles. The van der Waals surface area contributed by atoms with Gasteiger partial charge in [0.25, 0.3) is 5.91 Å². The third kappa shape index (κ3) is 3.96. The zero-order chi connectivity index (χ0) is 15.2. The van der Waals surface area contributed by atoms with Crippen molar-refractivity contribution in [2.24, 2.45) is 0 Å². The lowest BCUT2D eigenvalue weighted by Gasteiger charge is -2.30. The van der Waals surface area contributed by atoms with Crippen LogP contribution in [0, 0.1) is 0 Å². The van der Waals surface area contributed by atoms with Crippen LogP contribution in [0.3, 0.4) is 0 Å². The molecule has 1 fully saturated rings. The Kier molecular flexibility index (Phi) is 6.03. The molecule has 1 aliphatic heterocycles. The molecule has 116 valence electrons. The van der Waals surface area contributed by atoms with Crippen molar-refractivity contribution in [2.75, 3.05) is 18.4 Å². The van der Waals surface area contributed by atoms with Crippen molar-refractivity contribution in [3.05, 3.63) is 22.3 Å². The zero-order valence-corrected chi connectivity index (χ0v) is 14.4. The van der Waals surface area contributed by atoms with Crippen LogP contribution in [0.15, 0.2) is 16.7 Å². The molecule has 5 heteroatoms. The summed E-state index contributed by atoms with van der Waals surface area (Å²) >= 11 is 3.43. The minimum atomic E-state index is 0.105. The van der Waals surface area contributed by atoms with E-state index in [0.29, 0.717) is 17.4 Å². The highest BCUT2D eigenvalue weighted by Crippen LogP contribution is 2.25. The normalized spacial score (nSPS) is 19.2. The molecule has 1 saturated heterocycles. The molecule has 1 amide bonds. The minimum absolute atomic E-state index is 0.105. The van der Waals surface area contributed by atoms with E-state index < -0.39 is 0 Å². The van der Waals surface area contributed by atoms with Crippen LogP contribution < -0.4 is 5.32 Å². The van der Waals surface area contributed by atoms with Gasteiger partial charge in [0, 0.05) is 29.8 Å². The van der Waals surface area contributed by atoms with Crippen LogP contribution in [0.25, 0.3) is 0 Å². The van der Waals surface area contributed by atoms with Crippen LogP contribution in [0.1, 0.15) is 56.3 Å². The van der Waals surface area contributed by atoms with Crippen molar-refractivity contribution in [2.45, 2.75) is 52.0 Å². The summed E-state index contributed by atoms with van der Waals surface area (Å²) in [6.07, 6.45) is 7.40. The number of rotatable bonds is 4. The van der Waals surface area contributed by atoms with Gasteiger partial charge in [0.15, 0.2) is 0 Å². The number of nitrogens with zero attached hydrogens (tertiary/aromatic N) is 2. The standard InChI is InChI=1S/C16H24BrN3O/c1-3-13-8-6-5-7-9-20(13)16(21)14-10-12(17)11-19-15(14)18-4-2/h10-11,13H,3-9H2,1-2H3,(H,18,19). The summed E-state index contributed by atoms with van der Waals surface area (Å²) in [5, 5.41) is 3.19. The predicted octanol–water partition coefficient (Wildman–Crippen LogP) is 4.07. The molecule has 0 radical (unpaired) electrons. The van der Waals surface area contributed by atoms with Gasteiger partial charge in [-0.25, -0.2) is 4.98 Å². The number of amides is 1. The van der Waals surface area contributed by atoms with Gasteiger partial charge in [0.1, 0.15) is 5.82 Å². The van der Waals surface area contributed by atoms with Gasteiger partial charge in [-0.05, 0) is 48.2 Å². The van der Waals surface area contributed by atoms with Crippen LogP contribution in [-0.2, 0) is 0 Å². The summed E-state index contributed by atoms with van der Waals surface area (Å²) in [7, 11) is 0. The van der Waals surface area contributed by atoms with Crippen LogP contribution >= 0.6 is 15.9 Å². The number of pyridine rings is 1. The van der Waals surface area contributed by atoms with E-state index in [1.54, 1.807) is 6.20 Å². The average Bonchev–Trinajstić information content (AvgIpc) is 2.73. The number of aromatic nitrogens is 1. The molecule has 1 aromatic rings. The molecule has 0 bridgehead atoms. The maximum Gasteiger partial charge on any atom is 0.257 e. The fourth-order valence-corrected chi connectivity index (χ4v) is 3.27. The second-order valence-electron chi connectivity index (χ2n) is 5.49. The van der Waals surface area contributed by atoms with Gasteiger partial charge in [-0.15, -0.1) is 0 Å². The number of carbonyl (C=O) groups is 1. The minimum Gasteiger partial charge on any atom is -0.370 e. The van der Waals surface area contributed by atoms with Gasteiger partial charge < -0.3 is 10.2 Å². The first-order valence-electron chi connectivity index (χ1n) is 7.87. The first-order valence-corrected chi connectivity index (χ1v) is 8.67. The van der Waals surface area contributed by atoms with Gasteiger partial charge in [-0.3, -0.25) is 4.79 Å². The first kappa shape index (κ1) is 16.3. The van der Waals surface area contributed by atoms with E-state index in [2.05, 4.69) is 38.1 Å². The maximum absolute atomic E-state index is 13.0. The van der Waals surface area contributed by atoms with Crippen LogP contribution in [0.5, 0.6) is 0 Å². The van der Waals surface area contributed by atoms with Gasteiger partial charge >= 0.3 is 0 Å². The molecule has 4 nitrogen and oxygen atoms in total. The molecule has 2 heterocycles. The van der Waals surface area contributed by atoms with E-state index in [0.717, 1.165) is 36.8 Å². The molecule has 21 heavy (non-hydrogen) atoms. The third-order valence-corrected chi connectivity index (χ3v) is 4.47. The van der Waals surface area contributed by atoms with Gasteiger partial charge in [0.05, 0.1) is 5.56 Å². The van der Waals surface area contributed by atoms with E-state index >= 15 is 0 Å². The topological polar surface area (TPSA) is 45.2 Å². The van der Waals surface area contributed by atoms with Crippen molar-refractivity contribution in [1.29, 1.82) is 0 Å². The number of carbonyl (C=O) groups excluding carboxylic acids is 1. The molecular weight excluding hydrogens is 330 g/mol. The quantitative estimate of drug-likeness (QED) is 0.887. The smallest absolute Gasteiger partial charge is 0.257 e. The van der Waals surface area contributed by atoms with Crippen molar-refractivity contribution >= 4 is 27.7 Å². The lowest BCUT2D eigenvalue weighted by molar-refractivity contribution is 0.0679. The summed E-state index contributed by atoms with van der Waals surface area (Å²) in [5.74, 6) is 0.790. The largest absolute Gasteiger partial charge is 0.370 e. The fraction of sp³-hybridized carbons (Fsp3) is 0.625. The Morgan fingerprint density at radius 3 is 2.95 bits per heavy atom. The van der Waals surface area contributed by atoms with E-state index in [1.165, 1.54) is 12.8 Å². The number of nitrogens with one attached hydrogen (secondary N) is 1. The highest BCUT2D eigenvalue weighted by molar-refractivity contribution is 9.10. The molecular formula is C16H24BrN3O. The van der Waals surface area contributed by atoms with Crippen LogP contribution in [-0.4, -0.2) is 34.9 Å². The van der Waals surface area contributed by atoms with Crippen molar-refractivity contribution in [1.82, 2.24) is 9.88 Å². The van der Waals surface area contributed by atoms with Gasteiger partial charge in [0.2, 0.25) is 0 Å². The molecule has 1 unspecified atom stereocenters. The van der Waals surface area contributed by atoms with Crippen molar-refractivity contribution < 1.29 is 4.79 Å². The number of halogens is 1. The van der Waals surface area contributed by atoms with Gasteiger partial charge in [-0.1, -0.05) is 19.8 Å². The second kappa shape index (κ2) is 7.78. The van der Waals surface area contributed by atoms with E-state index in [4.69, 9.17) is 0 Å². The van der Waals surface area contributed by atoms with E-state index in [9.17, 15) is 4.79 Å². The Bertz CT molecular complexity index is 492. The number of likely N-dealkylation sites (tertiary alicyclic amines) is 1. The lowest BCUT2D eigenvalue weighted by Crippen LogP contribution is -2.40. The summed E-state index contributed by atoms with van der Waals surface area (Å²) in [5.41, 5.74) is 0.673. The Morgan fingerprint density at radius 1 is 1.43 bits per heavy atom. The summed E-state index contributed by atoms with van der Waals surface area (Å²) in [6, 6.07) is 2.23. The zero-order valence-electron chi connectivity index (χ0n) is 12.9. The molecule has 1 atom stereocenters. The SMILES string of the molecule is CCNc1ncc(Br)cc1C(=O)N1CCCCCC1CC. The first-order chi connectivity index (χ1) is 10.2. The van der Waals surface area contributed by atoms with E-state index in [1.807, 2.05) is 13.0 Å². The molecule has 0 saturated carbocycles. The lowest BCUT2D eigenvalue weighted by atomic mass is 10.1. The molecule has 0 aromatic carbocycles. The molecule has 1 aliphatic rings. The molecule has 1 aromatic heterocycles. The van der Waals surface area contributed by atoms with Gasteiger partial charge in [-0.2, -0.15) is 0 Å². The number of anilines is 1. The summed E-state index contributed by atoms with van der Waals surface area (Å²) in [4.78, 5) is 19.4. The van der Waals surface area contributed by atoms with Crippen molar-refractivity contribution in [3.63, 3.8) is 0 Å². The predicted molar refractivity (Wildman–Crippen MR) is 89.7 cm³/mol. The Hall–Kier alpha value is -1.10. The molecule has 0 spiro atoms. The monoisotopic (exact) mass is 353 g/mol. The summed E-state index contributed by atoms with van der Waals surface area (Å²) in [6.45, 7) is 5.79.